The van der Waals surface area contributed by atoms with Crippen molar-refractivity contribution in [2.75, 3.05) is 0 Å². The molecule has 0 radical (unpaired) electrons. The van der Waals surface area contributed by atoms with E-state index in [-0.39, 0.29) is 11.7 Å². The summed E-state index contributed by atoms with van der Waals surface area (Å²) in [4.78, 5) is 16.2. The molecule has 0 fully saturated rings. The van der Waals surface area contributed by atoms with Crippen molar-refractivity contribution in [2.24, 2.45) is 0 Å². The van der Waals surface area contributed by atoms with E-state index in [9.17, 15) is 9.18 Å². The second kappa shape index (κ2) is 8.97. The van der Waals surface area contributed by atoms with Crippen LogP contribution in [0.5, 0.6) is 0 Å². The molecule has 5 nitrogen and oxygen atoms in total. The molecule has 3 aromatic rings. The summed E-state index contributed by atoms with van der Waals surface area (Å²) in [5.41, 5.74) is 1.47. The minimum absolute atomic E-state index is 0.0979. The van der Waals surface area contributed by atoms with Crippen LogP contribution in [0.4, 0.5) is 4.39 Å². The second-order valence-electron chi connectivity index (χ2n) is 5.88. The number of hydrogen-bond donors (Lipinski definition) is 1. The van der Waals surface area contributed by atoms with E-state index in [1.807, 2.05) is 0 Å². The van der Waals surface area contributed by atoms with Crippen molar-refractivity contribution in [3.63, 3.8) is 0 Å². The number of carbonyl (C=O) groups excluding carboxylic acids is 1. The number of rotatable bonds is 7. The minimum atomic E-state index is -0.326. The van der Waals surface area contributed by atoms with E-state index in [0.717, 1.165) is 5.56 Å². The summed E-state index contributed by atoms with van der Waals surface area (Å²) in [5, 5.41) is 7.75. The Morgan fingerprint density at radius 1 is 1.15 bits per heavy atom. The number of hydrogen-bond acceptors (Lipinski definition) is 4. The largest absolute Gasteiger partial charge is 0.352 e. The highest BCUT2D eigenvalue weighted by molar-refractivity contribution is 6.35. The molecule has 1 aromatic heterocycles. The summed E-state index contributed by atoms with van der Waals surface area (Å²) in [6.07, 6.45) is 1.36. The first-order chi connectivity index (χ1) is 13.0. The molecule has 0 atom stereocenters. The van der Waals surface area contributed by atoms with Gasteiger partial charge in [0.2, 0.25) is 17.6 Å². The fourth-order valence-corrected chi connectivity index (χ4v) is 2.90. The number of aromatic nitrogens is 2. The van der Waals surface area contributed by atoms with Gasteiger partial charge in [0.1, 0.15) is 5.82 Å². The van der Waals surface area contributed by atoms with Crippen LogP contribution in [0.15, 0.2) is 47.0 Å². The standard InChI is InChI=1S/C19H16Cl2FN3O2/c20-14-7-4-13(16(21)10-14)11-23-17(26)2-1-3-18-24-19(25-27-18)12-5-8-15(22)9-6-12/h4-10H,1-3,11H2,(H,23,26). The zero-order valence-electron chi connectivity index (χ0n) is 14.2. The van der Waals surface area contributed by atoms with Crippen LogP contribution in [0.1, 0.15) is 24.3 Å². The van der Waals surface area contributed by atoms with Crippen molar-refractivity contribution in [1.82, 2.24) is 15.5 Å². The third kappa shape index (κ3) is 5.52. The molecule has 1 heterocycles. The maximum absolute atomic E-state index is 12.9. The minimum Gasteiger partial charge on any atom is -0.352 e. The molecule has 2 aromatic carbocycles. The lowest BCUT2D eigenvalue weighted by molar-refractivity contribution is -0.121. The van der Waals surface area contributed by atoms with E-state index in [4.69, 9.17) is 27.7 Å². The van der Waals surface area contributed by atoms with Gasteiger partial charge in [0.15, 0.2) is 0 Å². The molecule has 27 heavy (non-hydrogen) atoms. The number of halogens is 3. The smallest absolute Gasteiger partial charge is 0.226 e. The SMILES string of the molecule is O=C(CCCc1nc(-c2ccc(F)cc2)no1)NCc1ccc(Cl)cc1Cl. The molecule has 0 bridgehead atoms. The molecule has 140 valence electrons. The zero-order valence-corrected chi connectivity index (χ0v) is 15.7. The van der Waals surface area contributed by atoms with Crippen molar-refractivity contribution < 1.29 is 13.7 Å². The number of nitrogens with one attached hydrogen (secondary N) is 1. The Hall–Kier alpha value is -2.44. The van der Waals surface area contributed by atoms with Crippen LogP contribution in [0.2, 0.25) is 10.0 Å². The molecule has 0 aliphatic rings. The lowest BCUT2D eigenvalue weighted by atomic mass is 10.2. The maximum atomic E-state index is 12.9. The molecule has 8 heteroatoms. The van der Waals surface area contributed by atoms with Gasteiger partial charge in [-0.05, 0) is 48.4 Å². The van der Waals surface area contributed by atoms with Crippen LogP contribution in [0.25, 0.3) is 11.4 Å². The van der Waals surface area contributed by atoms with E-state index < -0.39 is 0 Å². The van der Waals surface area contributed by atoms with Gasteiger partial charge in [0.05, 0.1) is 0 Å². The van der Waals surface area contributed by atoms with Crippen LogP contribution < -0.4 is 5.32 Å². The van der Waals surface area contributed by atoms with Crippen LogP contribution in [0.3, 0.4) is 0 Å². The number of benzene rings is 2. The van der Waals surface area contributed by atoms with Gasteiger partial charge in [-0.1, -0.05) is 34.4 Å². The van der Waals surface area contributed by atoms with Gasteiger partial charge in [-0.15, -0.1) is 0 Å². The summed E-state index contributed by atoms with van der Waals surface area (Å²) >= 11 is 11.9. The van der Waals surface area contributed by atoms with Crippen LogP contribution in [0, 0.1) is 5.82 Å². The third-order valence-corrected chi connectivity index (χ3v) is 4.44. The van der Waals surface area contributed by atoms with E-state index in [0.29, 0.717) is 53.1 Å². The van der Waals surface area contributed by atoms with Crippen molar-refractivity contribution in [2.45, 2.75) is 25.8 Å². The number of aryl methyl sites for hydroxylation is 1. The Morgan fingerprint density at radius 3 is 2.67 bits per heavy atom. The Labute approximate surface area is 165 Å². The fraction of sp³-hybridized carbons (Fsp3) is 0.211. The van der Waals surface area contributed by atoms with Crippen LogP contribution in [-0.4, -0.2) is 16.0 Å². The van der Waals surface area contributed by atoms with Gasteiger partial charge in [-0.2, -0.15) is 4.98 Å². The summed E-state index contributed by atoms with van der Waals surface area (Å²) in [5.74, 6) is 0.405. The number of nitrogens with zero attached hydrogens (tertiary/aromatic N) is 2. The van der Waals surface area contributed by atoms with Gasteiger partial charge in [0.25, 0.3) is 0 Å². The van der Waals surface area contributed by atoms with Gasteiger partial charge >= 0.3 is 0 Å². The number of amides is 1. The first kappa shape index (κ1) is 19.3. The fourth-order valence-electron chi connectivity index (χ4n) is 2.42. The predicted molar refractivity (Wildman–Crippen MR) is 101 cm³/mol. The Morgan fingerprint density at radius 2 is 1.93 bits per heavy atom. The monoisotopic (exact) mass is 407 g/mol. The Kier molecular flexibility index (Phi) is 6.42. The summed E-state index contributed by atoms with van der Waals surface area (Å²) in [7, 11) is 0. The van der Waals surface area contributed by atoms with Crippen LogP contribution >= 0.6 is 23.2 Å². The van der Waals surface area contributed by atoms with Gasteiger partial charge in [-0.3, -0.25) is 4.79 Å². The number of carbonyl (C=O) groups is 1. The van der Waals surface area contributed by atoms with E-state index in [2.05, 4.69) is 15.5 Å². The highest BCUT2D eigenvalue weighted by Crippen LogP contribution is 2.21. The molecule has 0 saturated heterocycles. The van der Waals surface area contributed by atoms with E-state index in [1.54, 1.807) is 30.3 Å². The summed E-state index contributed by atoms with van der Waals surface area (Å²) < 4.78 is 18.1. The second-order valence-corrected chi connectivity index (χ2v) is 6.73. The maximum Gasteiger partial charge on any atom is 0.226 e. The topological polar surface area (TPSA) is 68.0 Å². The molecule has 0 unspecified atom stereocenters. The normalized spacial score (nSPS) is 10.8. The van der Waals surface area contributed by atoms with Gasteiger partial charge in [0, 0.05) is 35.0 Å². The van der Waals surface area contributed by atoms with E-state index >= 15 is 0 Å². The Balaban J connectivity index is 1.44. The average Bonchev–Trinajstić information content (AvgIpc) is 3.10. The molecule has 0 aliphatic heterocycles. The molecule has 3 rings (SSSR count). The summed E-state index contributed by atoms with van der Waals surface area (Å²) in [6.45, 7) is 0.337. The van der Waals surface area contributed by atoms with Gasteiger partial charge < -0.3 is 9.84 Å². The van der Waals surface area contributed by atoms with Gasteiger partial charge in [-0.25, -0.2) is 4.39 Å². The molecular weight excluding hydrogens is 392 g/mol. The lowest BCUT2D eigenvalue weighted by Gasteiger charge is -2.07. The molecule has 0 spiro atoms. The molecule has 0 saturated carbocycles. The quantitative estimate of drug-likeness (QED) is 0.609. The average molecular weight is 408 g/mol. The predicted octanol–water partition coefficient (Wildman–Crippen LogP) is 4.82. The molecule has 1 N–H and O–H groups in total. The highest BCUT2D eigenvalue weighted by atomic mass is 35.5. The van der Waals surface area contributed by atoms with E-state index in [1.165, 1.54) is 12.1 Å². The lowest BCUT2D eigenvalue weighted by Crippen LogP contribution is -2.22. The highest BCUT2D eigenvalue weighted by Gasteiger charge is 2.10. The van der Waals surface area contributed by atoms with Crippen molar-refractivity contribution in [1.29, 1.82) is 0 Å². The zero-order chi connectivity index (χ0) is 19.2. The van der Waals surface area contributed by atoms with Crippen molar-refractivity contribution in [3.8, 4) is 11.4 Å². The first-order valence-corrected chi connectivity index (χ1v) is 9.06. The summed E-state index contributed by atoms with van der Waals surface area (Å²) in [6, 6.07) is 11.0. The van der Waals surface area contributed by atoms with Crippen molar-refractivity contribution >= 4 is 29.1 Å². The molecule has 1 amide bonds. The Bertz CT molecular complexity index is 929. The van der Waals surface area contributed by atoms with Crippen LogP contribution in [-0.2, 0) is 17.8 Å². The molecular formula is C19H16Cl2FN3O2. The van der Waals surface area contributed by atoms with Crippen molar-refractivity contribution in [3.05, 3.63) is 69.8 Å². The molecule has 0 aliphatic carbocycles. The first-order valence-electron chi connectivity index (χ1n) is 8.30. The third-order valence-electron chi connectivity index (χ3n) is 3.86.